The van der Waals surface area contributed by atoms with Crippen LogP contribution < -0.4 is 5.73 Å². The van der Waals surface area contributed by atoms with Crippen molar-refractivity contribution in [2.24, 2.45) is 5.73 Å². The standard InChI is InChI=1S/C11H17N3S/c12-9-2-1-6-14(8-3-4-8)10(9)11-13-5-7-15-11/h5,7-10H,1-4,6,12H2. The first-order valence-corrected chi connectivity index (χ1v) is 6.65. The van der Waals surface area contributed by atoms with Crippen LogP contribution in [0.2, 0.25) is 0 Å². The Labute approximate surface area is 94.3 Å². The smallest absolute Gasteiger partial charge is 0.111 e. The topological polar surface area (TPSA) is 42.1 Å². The van der Waals surface area contributed by atoms with Gasteiger partial charge in [0.1, 0.15) is 5.01 Å². The summed E-state index contributed by atoms with van der Waals surface area (Å²) >= 11 is 1.75. The highest BCUT2D eigenvalue weighted by Gasteiger charge is 2.40. The molecule has 1 aliphatic heterocycles. The summed E-state index contributed by atoms with van der Waals surface area (Å²) in [7, 11) is 0. The molecule has 2 unspecified atom stereocenters. The van der Waals surface area contributed by atoms with Gasteiger partial charge in [-0.15, -0.1) is 11.3 Å². The quantitative estimate of drug-likeness (QED) is 0.831. The lowest BCUT2D eigenvalue weighted by Gasteiger charge is -2.38. The summed E-state index contributed by atoms with van der Waals surface area (Å²) in [5.41, 5.74) is 6.25. The molecule has 2 aliphatic rings. The van der Waals surface area contributed by atoms with E-state index in [1.54, 1.807) is 11.3 Å². The molecule has 2 fully saturated rings. The van der Waals surface area contributed by atoms with Gasteiger partial charge < -0.3 is 5.73 Å². The van der Waals surface area contributed by atoms with Gasteiger partial charge in [0.15, 0.2) is 0 Å². The molecule has 4 heteroatoms. The van der Waals surface area contributed by atoms with E-state index in [2.05, 4.69) is 15.3 Å². The lowest BCUT2D eigenvalue weighted by atomic mass is 9.97. The predicted molar refractivity (Wildman–Crippen MR) is 61.8 cm³/mol. The fourth-order valence-electron chi connectivity index (χ4n) is 2.57. The molecule has 15 heavy (non-hydrogen) atoms. The van der Waals surface area contributed by atoms with Gasteiger partial charge in [-0.1, -0.05) is 0 Å². The van der Waals surface area contributed by atoms with Gasteiger partial charge in [0, 0.05) is 23.7 Å². The van der Waals surface area contributed by atoms with Crippen LogP contribution >= 0.6 is 11.3 Å². The van der Waals surface area contributed by atoms with Gasteiger partial charge in [-0.25, -0.2) is 4.98 Å². The minimum absolute atomic E-state index is 0.283. The van der Waals surface area contributed by atoms with Crippen molar-refractivity contribution in [1.29, 1.82) is 0 Å². The lowest BCUT2D eigenvalue weighted by molar-refractivity contribution is 0.119. The van der Waals surface area contributed by atoms with Crippen LogP contribution in [0.5, 0.6) is 0 Å². The Bertz CT molecular complexity index is 321. The summed E-state index contributed by atoms with van der Waals surface area (Å²) in [5.74, 6) is 0. The first-order chi connectivity index (χ1) is 7.36. The van der Waals surface area contributed by atoms with Gasteiger partial charge in [0.2, 0.25) is 0 Å². The second-order valence-electron chi connectivity index (χ2n) is 4.59. The zero-order valence-electron chi connectivity index (χ0n) is 8.80. The zero-order valence-corrected chi connectivity index (χ0v) is 9.62. The average molecular weight is 223 g/mol. The minimum atomic E-state index is 0.283. The largest absolute Gasteiger partial charge is 0.326 e. The van der Waals surface area contributed by atoms with Crippen molar-refractivity contribution in [3.8, 4) is 0 Å². The number of hydrogen-bond donors (Lipinski definition) is 1. The molecule has 2 N–H and O–H groups in total. The van der Waals surface area contributed by atoms with Crippen LogP contribution in [0.4, 0.5) is 0 Å². The van der Waals surface area contributed by atoms with Gasteiger partial charge in [0.05, 0.1) is 6.04 Å². The summed E-state index contributed by atoms with van der Waals surface area (Å²) in [6.45, 7) is 1.21. The summed E-state index contributed by atoms with van der Waals surface area (Å²) in [6.07, 6.45) is 7.00. The first-order valence-electron chi connectivity index (χ1n) is 5.77. The second-order valence-corrected chi connectivity index (χ2v) is 5.52. The molecule has 0 radical (unpaired) electrons. The number of nitrogens with zero attached hydrogens (tertiary/aromatic N) is 2. The molecule has 2 heterocycles. The minimum Gasteiger partial charge on any atom is -0.326 e. The maximum absolute atomic E-state index is 6.25. The van der Waals surface area contributed by atoms with E-state index in [9.17, 15) is 0 Å². The molecule has 0 amide bonds. The molecule has 0 spiro atoms. The molecule has 1 aliphatic carbocycles. The van der Waals surface area contributed by atoms with Crippen molar-refractivity contribution >= 4 is 11.3 Å². The molecule has 1 saturated carbocycles. The molecule has 1 aromatic heterocycles. The van der Waals surface area contributed by atoms with Gasteiger partial charge in [-0.05, 0) is 32.2 Å². The number of piperidine rings is 1. The Hall–Kier alpha value is -0.450. The Balaban J connectivity index is 1.86. The van der Waals surface area contributed by atoms with E-state index in [0.29, 0.717) is 6.04 Å². The summed E-state index contributed by atoms with van der Waals surface area (Å²) in [5, 5.41) is 3.27. The van der Waals surface area contributed by atoms with Gasteiger partial charge >= 0.3 is 0 Å². The first kappa shape index (κ1) is 9.75. The molecule has 0 bridgehead atoms. The Morgan fingerprint density at radius 3 is 2.93 bits per heavy atom. The van der Waals surface area contributed by atoms with Crippen molar-refractivity contribution < 1.29 is 0 Å². The summed E-state index contributed by atoms with van der Waals surface area (Å²) < 4.78 is 0. The normalized spacial score (nSPS) is 33.1. The molecular weight excluding hydrogens is 206 g/mol. The van der Waals surface area contributed by atoms with Crippen LogP contribution in [-0.4, -0.2) is 28.5 Å². The highest BCUT2D eigenvalue weighted by molar-refractivity contribution is 7.09. The van der Waals surface area contributed by atoms with Crippen molar-refractivity contribution in [2.75, 3.05) is 6.54 Å². The van der Waals surface area contributed by atoms with Crippen LogP contribution in [0, 0.1) is 0 Å². The van der Waals surface area contributed by atoms with Crippen molar-refractivity contribution in [1.82, 2.24) is 9.88 Å². The number of aromatic nitrogens is 1. The number of hydrogen-bond acceptors (Lipinski definition) is 4. The lowest BCUT2D eigenvalue weighted by Crippen LogP contribution is -2.46. The van der Waals surface area contributed by atoms with Crippen molar-refractivity contribution in [3.63, 3.8) is 0 Å². The maximum atomic E-state index is 6.25. The third-order valence-corrected chi connectivity index (χ3v) is 4.28. The third kappa shape index (κ3) is 1.82. The van der Waals surface area contributed by atoms with Gasteiger partial charge in [-0.2, -0.15) is 0 Å². The summed E-state index contributed by atoms with van der Waals surface area (Å²) in [6, 6.07) is 1.47. The maximum Gasteiger partial charge on any atom is 0.111 e. The van der Waals surface area contributed by atoms with E-state index in [0.717, 1.165) is 12.5 Å². The van der Waals surface area contributed by atoms with Crippen LogP contribution in [0.3, 0.4) is 0 Å². The molecule has 2 atom stereocenters. The molecule has 82 valence electrons. The van der Waals surface area contributed by atoms with E-state index < -0.39 is 0 Å². The van der Waals surface area contributed by atoms with Gasteiger partial charge in [0.25, 0.3) is 0 Å². The van der Waals surface area contributed by atoms with Crippen LogP contribution in [0.1, 0.15) is 36.7 Å². The Morgan fingerprint density at radius 1 is 1.40 bits per heavy atom. The molecule has 1 aromatic rings. The number of nitrogens with two attached hydrogens (primary N) is 1. The number of thiazole rings is 1. The molecule has 3 nitrogen and oxygen atoms in total. The van der Waals surface area contributed by atoms with E-state index in [1.807, 2.05) is 6.20 Å². The summed E-state index contributed by atoms with van der Waals surface area (Å²) in [4.78, 5) is 7.04. The Morgan fingerprint density at radius 2 is 2.27 bits per heavy atom. The van der Waals surface area contributed by atoms with Crippen molar-refractivity contribution in [2.45, 2.75) is 43.8 Å². The van der Waals surface area contributed by atoms with E-state index in [1.165, 1.54) is 30.8 Å². The number of rotatable bonds is 2. The highest BCUT2D eigenvalue weighted by Crippen LogP contribution is 2.39. The SMILES string of the molecule is NC1CCCN(C2CC2)C1c1nccs1. The highest BCUT2D eigenvalue weighted by atomic mass is 32.1. The van der Waals surface area contributed by atoms with Crippen LogP contribution in [0.25, 0.3) is 0 Å². The molecule has 3 rings (SSSR count). The number of likely N-dealkylation sites (tertiary alicyclic amines) is 1. The fraction of sp³-hybridized carbons (Fsp3) is 0.727. The van der Waals surface area contributed by atoms with E-state index in [-0.39, 0.29) is 6.04 Å². The molecule has 1 saturated heterocycles. The monoisotopic (exact) mass is 223 g/mol. The van der Waals surface area contributed by atoms with Crippen LogP contribution in [-0.2, 0) is 0 Å². The third-order valence-electron chi connectivity index (χ3n) is 3.44. The van der Waals surface area contributed by atoms with Gasteiger partial charge in [-0.3, -0.25) is 4.90 Å². The average Bonchev–Trinajstić information content (AvgIpc) is 2.95. The van der Waals surface area contributed by atoms with Crippen LogP contribution in [0.15, 0.2) is 11.6 Å². The van der Waals surface area contributed by atoms with E-state index in [4.69, 9.17) is 5.73 Å². The van der Waals surface area contributed by atoms with E-state index >= 15 is 0 Å². The zero-order chi connectivity index (χ0) is 10.3. The molecular formula is C11H17N3S. The second kappa shape index (κ2) is 3.85. The molecule has 0 aromatic carbocycles. The fourth-order valence-corrected chi connectivity index (χ4v) is 3.41. The predicted octanol–water partition coefficient (Wildman–Crippen LogP) is 1.77. The Kier molecular flexibility index (Phi) is 2.50. The van der Waals surface area contributed by atoms with Crippen molar-refractivity contribution in [3.05, 3.63) is 16.6 Å².